The van der Waals surface area contributed by atoms with Crippen molar-refractivity contribution < 1.29 is 4.79 Å². The molecule has 1 aliphatic carbocycles. The normalized spacial score (nSPS) is 24.9. The van der Waals surface area contributed by atoms with Crippen molar-refractivity contribution in [3.8, 4) is 0 Å². The Hall–Kier alpha value is -0.730. The van der Waals surface area contributed by atoms with E-state index in [0.717, 1.165) is 25.6 Å². The summed E-state index contributed by atoms with van der Waals surface area (Å²) < 4.78 is 0. The minimum absolute atomic E-state index is 0.144. The maximum Gasteiger partial charge on any atom is 0.317 e. The molecule has 0 unspecified atom stereocenters. The van der Waals surface area contributed by atoms with Gasteiger partial charge in [-0.1, -0.05) is 19.3 Å². The Morgan fingerprint density at radius 1 is 1.31 bits per heavy atom. The molecule has 1 saturated carbocycles. The average molecular weight is 182 g/mol. The SMILES string of the molecule is O=C1NCCN1CC1CCCCC1. The minimum Gasteiger partial charge on any atom is -0.336 e. The van der Waals surface area contributed by atoms with Gasteiger partial charge in [-0.2, -0.15) is 0 Å². The van der Waals surface area contributed by atoms with Crippen LogP contribution in [0.2, 0.25) is 0 Å². The first-order valence-electron chi connectivity index (χ1n) is 5.39. The molecule has 0 radical (unpaired) electrons. The van der Waals surface area contributed by atoms with E-state index in [1.807, 2.05) is 4.90 Å². The van der Waals surface area contributed by atoms with Crippen molar-refractivity contribution in [2.75, 3.05) is 19.6 Å². The van der Waals surface area contributed by atoms with Gasteiger partial charge in [-0.3, -0.25) is 0 Å². The van der Waals surface area contributed by atoms with Crippen LogP contribution in [0.1, 0.15) is 32.1 Å². The van der Waals surface area contributed by atoms with E-state index in [2.05, 4.69) is 5.32 Å². The molecule has 0 aromatic rings. The van der Waals surface area contributed by atoms with Crippen LogP contribution in [0.3, 0.4) is 0 Å². The second kappa shape index (κ2) is 3.99. The Morgan fingerprint density at radius 2 is 2.08 bits per heavy atom. The number of rotatable bonds is 2. The minimum atomic E-state index is 0.144. The summed E-state index contributed by atoms with van der Waals surface area (Å²) in [5.74, 6) is 0.776. The van der Waals surface area contributed by atoms with Crippen molar-refractivity contribution in [3.63, 3.8) is 0 Å². The van der Waals surface area contributed by atoms with Gasteiger partial charge < -0.3 is 10.2 Å². The van der Waals surface area contributed by atoms with Crippen LogP contribution < -0.4 is 5.32 Å². The fourth-order valence-corrected chi connectivity index (χ4v) is 2.37. The lowest BCUT2D eigenvalue weighted by Gasteiger charge is -2.25. The van der Waals surface area contributed by atoms with E-state index < -0.39 is 0 Å². The second-order valence-electron chi connectivity index (χ2n) is 4.18. The fraction of sp³-hybridized carbons (Fsp3) is 0.900. The first kappa shape index (κ1) is 8.85. The maximum absolute atomic E-state index is 11.3. The molecule has 1 N–H and O–H groups in total. The first-order chi connectivity index (χ1) is 6.36. The van der Waals surface area contributed by atoms with Gasteiger partial charge >= 0.3 is 6.03 Å². The molecule has 0 spiro atoms. The summed E-state index contributed by atoms with van der Waals surface area (Å²) in [4.78, 5) is 13.2. The van der Waals surface area contributed by atoms with Gasteiger partial charge in [-0.25, -0.2) is 4.79 Å². The van der Waals surface area contributed by atoms with Crippen LogP contribution in [-0.4, -0.2) is 30.6 Å². The Bertz CT molecular complexity index is 187. The summed E-state index contributed by atoms with van der Waals surface area (Å²) in [6.45, 7) is 2.74. The van der Waals surface area contributed by atoms with Crippen LogP contribution in [0.4, 0.5) is 4.79 Å². The molecule has 0 aromatic heterocycles. The van der Waals surface area contributed by atoms with Crippen molar-refractivity contribution in [2.45, 2.75) is 32.1 Å². The molecule has 3 nitrogen and oxygen atoms in total. The van der Waals surface area contributed by atoms with E-state index in [9.17, 15) is 4.79 Å². The largest absolute Gasteiger partial charge is 0.336 e. The zero-order chi connectivity index (χ0) is 9.10. The molecule has 1 aliphatic heterocycles. The van der Waals surface area contributed by atoms with E-state index in [-0.39, 0.29) is 6.03 Å². The Labute approximate surface area is 79.5 Å². The van der Waals surface area contributed by atoms with E-state index in [0.29, 0.717) is 0 Å². The Balaban J connectivity index is 1.79. The van der Waals surface area contributed by atoms with E-state index in [4.69, 9.17) is 0 Å². The van der Waals surface area contributed by atoms with Crippen LogP contribution in [0.5, 0.6) is 0 Å². The van der Waals surface area contributed by atoms with Crippen LogP contribution >= 0.6 is 0 Å². The van der Waals surface area contributed by atoms with Gasteiger partial charge in [0.05, 0.1) is 0 Å². The fourth-order valence-electron chi connectivity index (χ4n) is 2.37. The third-order valence-corrected chi connectivity index (χ3v) is 3.15. The molecule has 1 saturated heterocycles. The predicted octanol–water partition coefficient (Wildman–Crippen LogP) is 1.59. The number of nitrogens with zero attached hydrogens (tertiary/aromatic N) is 1. The molecule has 0 atom stereocenters. The highest BCUT2D eigenvalue weighted by atomic mass is 16.2. The summed E-state index contributed by atoms with van der Waals surface area (Å²) in [6.07, 6.45) is 6.76. The summed E-state index contributed by atoms with van der Waals surface area (Å²) in [5, 5.41) is 2.85. The standard InChI is InChI=1S/C10H18N2O/c13-10-11-6-7-12(10)8-9-4-2-1-3-5-9/h9H,1-8H2,(H,11,13). The zero-order valence-corrected chi connectivity index (χ0v) is 8.09. The molecule has 2 amide bonds. The summed E-state index contributed by atoms with van der Waals surface area (Å²) in [6, 6.07) is 0.144. The van der Waals surface area contributed by atoms with Gasteiger partial charge in [0.2, 0.25) is 0 Å². The van der Waals surface area contributed by atoms with Crippen molar-refractivity contribution in [2.24, 2.45) is 5.92 Å². The van der Waals surface area contributed by atoms with Crippen molar-refractivity contribution >= 4 is 6.03 Å². The van der Waals surface area contributed by atoms with Crippen LogP contribution in [0.15, 0.2) is 0 Å². The van der Waals surface area contributed by atoms with Gasteiger partial charge in [0.25, 0.3) is 0 Å². The monoisotopic (exact) mass is 182 g/mol. The molecule has 2 rings (SSSR count). The smallest absolute Gasteiger partial charge is 0.317 e. The summed E-state index contributed by atoms with van der Waals surface area (Å²) >= 11 is 0. The highest BCUT2D eigenvalue weighted by Crippen LogP contribution is 2.24. The molecule has 13 heavy (non-hydrogen) atoms. The molecule has 2 aliphatic rings. The first-order valence-corrected chi connectivity index (χ1v) is 5.39. The van der Waals surface area contributed by atoms with Gasteiger partial charge in [0.1, 0.15) is 0 Å². The second-order valence-corrected chi connectivity index (χ2v) is 4.18. The number of nitrogens with one attached hydrogen (secondary N) is 1. The van der Waals surface area contributed by atoms with Crippen molar-refractivity contribution in [1.29, 1.82) is 0 Å². The molecular weight excluding hydrogens is 164 g/mol. The predicted molar refractivity (Wildman–Crippen MR) is 51.5 cm³/mol. The number of hydrogen-bond acceptors (Lipinski definition) is 1. The van der Waals surface area contributed by atoms with E-state index in [1.165, 1.54) is 32.1 Å². The quantitative estimate of drug-likeness (QED) is 0.691. The molecule has 74 valence electrons. The maximum atomic E-state index is 11.3. The Morgan fingerprint density at radius 3 is 2.69 bits per heavy atom. The number of carbonyl (C=O) groups is 1. The third kappa shape index (κ3) is 2.14. The summed E-state index contributed by atoms with van der Waals surface area (Å²) in [7, 11) is 0. The molecule has 1 heterocycles. The lowest BCUT2D eigenvalue weighted by molar-refractivity contribution is 0.199. The van der Waals surface area contributed by atoms with Gasteiger partial charge in [0, 0.05) is 19.6 Å². The zero-order valence-electron chi connectivity index (χ0n) is 8.09. The number of amides is 2. The highest BCUT2D eigenvalue weighted by molar-refractivity contribution is 5.76. The van der Waals surface area contributed by atoms with Gasteiger partial charge in [-0.15, -0.1) is 0 Å². The van der Waals surface area contributed by atoms with Crippen molar-refractivity contribution in [1.82, 2.24) is 10.2 Å². The lowest BCUT2D eigenvalue weighted by Crippen LogP contribution is -2.33. The summed E-state index contributed by atoms with van der Waals surface area (Å²) in [5.41, 5.74) is 0. The van der Waals surface area contributed by atoms with Crippen molar-refractivity contribution in [3.05, 3.63) is 0 Å². The van der Waals surface area contributed by atoms with E-state index >= 15 is 0 Å². The third-order valence-electron chi connectivity index (χ3n) is 3.15. The van der Waals surface area contributed by atoms with Crippen LogP contribution in [-0.2, 0) is 0 Å². The Kier molecular flexibility index (Phi) is 2.71. The molecule has 0 bridgehead atoms. The topological polar surface area (TPSA) is 32.3 Å². The average Bonchev–Trinajstić information content (AvgIpc) is 2.54. The lowest BCUT2D eigenvalue weighted by atomic mass is 9.89. The van der Waals surface area contributed by atoms with E-state index in [1.54, 1.807) is 0 Å². The van der Waals surface area contributed by atoms with Crippen LogP contribution in [0.25, 0.3) is 0 Å². The molecule has 2 fully saturated rings. The molecule has 0 aromatic carbocycles. The number of carbonyl (C=O) groups excluding carboxylic acids is 1. The van der Waals surface area contributed by atoms with Crippen LogP contribution in [0, 0.1) is 5.92 Å². The molecule has 3 heteroatoms. The molecular formula is C10H18N2O. The number of urea groups is 1. The number of hydrogen-bond donors (Lipinski definition) is 1. The van der Waals surface area contributed by atoms with Gasteiger partial charge in [-0.05, 0) is 18.8 Å². The highest BCUT2D eigenvalue weighted by Gasteiger charge is 2.23. The van der Waals surface area contributed by atoms with Gasteiger partial charge in [0.15, 0.2) is 0 Å².